The number of nitrogens with one attached hydrogen (secondary N) is 1. The maximum atomic E-state index is 14.8. The van der Waals surface area contributed by atoms with E-state index in [-0.39, 0.29) is 0 Å². The standard InChI is InChI=1S/C18H24F2N2O12S2/c1-35(28,29)32-7-5-22(6-8-33-36(2,30)31)16-12(19)9-11(10-13(16)20)34-18(27)21-14(17(25)26)3-4-15(23)24/h9-10,14H,3-8H2,1-2H3,(H,21,27)(H,23,24)(H,25,26)/t14-/m0/s1. The number of anilines is 1. The van der Waals surface area contributed by atoms with Crippen molar-refractivity contribution in [2.24, 2.45) is 0 Å². The van der Waals surface area contributed by atoms with E-state index in [0.29, 0.717) is 12.1 Å². The quantitative estimate of drug-likeness (QED) is 0.244. The number of benzene rings is 1. The monoisotopic (exact) mass is 562 g/mol. The Morgan fingerprint density at radius 2 is 1.44 bits per heavy atom. The third-order valence-electron chi connectivity index (χ3n) is 4.07. The largest absolute Gasteiger partial charge is 0.481 e. The van der Waals surface area contributed by atoms with E-state index in [9.17, 15) is 40.0 Å². The molecule has 204 valence electrons. The predicted molar refractivity (Wildman–Crippen MR) is 118 cm³/mol. The molecule has 0 fully saturated rings. The molecular weight excluding hydrogens is 538 g/mol. The smallest absolute Gasteiger partial charge is 0.413 e. The number of carboxylic acid groups (broad SMARTS) is 2. The van der Waals surface area contributed by atoms with Crippen molar-refractivity contribution in [2.75, 3.05) is 43.7 Å². The van der Waals surface area contributed by atoms with Crippen LogP contribution in [-0.2, 0) is 38.2 Å². The van der Waals surface area contributed by atoms with Crippen LogP contribution in [0.3, 0.4) is 0 Å². The van der Waals surface area contributed by atoms with Crippen molar-refractivity contribution >= 4 is 44.0 Å². The zero-order valence-corrected chi connectivity index (χ0v) is 20.6. The van der Waals surface area contributed by atoms with E-state index in [0.717, 1.165) is 17.4 Å². The summed E-state index contributed by atoms with van der Waals surface area (Å²) in [5.74, 6) is -6.18. The maximum Gasteiger partial charge on any atom is 0.413 e. The number of hydrogen-bond acceptors (Lipinski definition) is 11. The van der Waals surface area contributed by atoms with Gasteiger partial charge in [0.1, 0.15) is 17.5 Å². The van der Waals surface area contributed by atoms with Gasteiger partial charge in [-0.25, -0.2) is 18.4 Å². The minimum absolute atomic E-state index is 0.418. The summed E-state index contributed by atoms with van der Waals surface area (Å²) in [7, 11) is -7.78. The van der Waals surface area contributed by atoms with Gasteiger partial charge in [-0.15, -0.1) is 0 Å². The summed E-state index contributed by atoms with van der Waals surface area (Å²) in [6.07, 6.45) is -1.00. The lowest BCUT2D eigenvalue weighted by atomic mass is 10.1. The van der Waals surface area contributed by atoms with Gasteiger partial charge >= 0.3 is 18.0 Å². The molecule has 0 saturated carbocycles. The molecule has 14 nitrogen and oxygen atoms in total. The molecule has 1 aromatic carbocycles. The number of ether oxygens (including phenoxy) is 1. The fourth-order valence-corrected chi connectivity index (χ4v) is 3.39. The average molecular weight is 563 g/mol. The highest BCUT2D eigenvalue weighted by atomic mass is 32.2. The number of carbonyl (C=O) groups is 3. The first-order valence-electron chi connectivity index (χ1n) is 9.84. The van der Waals surface area contributed by atoms with Crippen LogP contribution in [0.4, 0.5) is 19.3 Å². The second kappa shape index (κ2) is 13.3. The Balaban J connectivity index is 3.05. The summed E-state index contributed by atoms with van der Waals surface area (Å²) >= 11 is 0. The second-order valence-corrected chi connectivity index (χ2v) is 10.4. The first-order chi connectivity index (χ1) is 16.5. The molecule has 0 aromatic heterocycles. The number of aliphatic carboxylic acids is 2. The van der Waals surface area contributed by atoms with Gasteiger partial charge in [-0.2, -0.15) is 16.8 Å². The normalized spacial score (nSPS) is 12.6. The van der Waals surface area contributed by atoms with Gasteiger partial charge in [-0.1, -0.05) is 0 Å². The molecule has 3 N–H and O–H groups in total. The van der Waals surface area contributed by atoms with Gasteiger partial charge in [-0.3, -0.25) is 13.2 Å². The Hall–Kier alpha value is -3.09. The minimum Gasteiger partial charge on any atom is -0.481 e. The Bertz CT molecular complexity index is 1110. The summed E-state index contributed by atoms with van der Waals surface area (Å²) < 4.78 is 87.9. The molecule has 1 aromatic rings. The third-order valence-corrected chi connectivity index (χ3v) is 5.26. The van der Waals surface area contributed by atoms with Crippen LogP contribution in [0.2, 0.25) is 0 Å². The highest BCUT2D eigenvalue weighted by molar-refractivity contribution is 7.86. The zero-order chi connectivity index (χ0) is 27.7. The van der Waals surface area contributed by atoms with Crippen molar-refractivity contribution in [1.82, 2.24) is 5.32 Å². The van der Waals surface area contributed by atoms with E-state index in [1.165, 1.54) is 0 Å². The van der Waals surface area contributed by atoms with E-state index in [2.05, 4.69) is 13.1 Å². The van der Waals surface area contributed by atoms with E-state index >= 15 is 0 Å². The highest BCUT2D eigenvalue weighted by Crippen LogP contribution is 2.28. The van der Waals surface area contributed by atoms with Crippen LogP contribution >= 0.6 is 0 Å². The minimum atomic E-state index is -3.89. The van der Waals surface area contributed by atoms with Crippen molar-refractivity contribution in [2.45, 2.75) is 18.9 Å². The van der Waals surface area contributed by atoms with Crippen molar-refractivity contribution in [3.05, 3.63) is 23.8 Å². The van der Waals surface area contributed by atoms with Crippen LogP contribution in [0.15, 0.2) is 12.1 Å². The van der Waals surface area contributed by atoms with Gasteiger partial charge in [0.25, 0.3) is 20.2 Å². The summed E-state index contributed by atoms with van der Waals surface area (Å²) in [4.78, 5) is 34.6. The first kappa shape index (κ1) is 30.9. The van der Waals surface area contributed by atoms with Crippen molar-refractivity contribution < 1.29 is 63.3 Å². The van der Waals surface area contributed by atoms with E-state index in [1.54, 1.807) is 0 Å². The molecule has 0 aliphatic carbocycles. The van der Waals surface area contributed by atoms with Crippen LogP contribution in [0, 0.1) is 11.6 Å². The van der Waals surface area contributed by atoms with Gasteiger partial charge in [0, 0.05) is 31.6 Å². The zero-order valence-electron chi connectivity index (χ0n) is 19.0. The molecule has 0 radical (unpaired) electrons. The Morgan fingerprint density at radius 1 is 0.972 bits per heavy atom. The fraction of sp³-hybridized carbons (Fsp3) is 0.500. The molecule has 36 heavy (non-hydrogen) atoms. The maximum absolute atomic E-state index is 14.8. The highest BCUT2D eigenvalue weighted by Gasteiger charge is 2.24. The SMILES string of the molecule is CS(=O)(=O)OCCN(CCOS(C)(=O)=O)c1c(F)cc(OC(=O)N[C@@H](CCC(=O)O)C(=O)O)cc1F. The van der Waals surface area contributed by atoms with Crippen LogP contribution in [0.5, 0.6) is 5.75 Å². The molecule has 0 spiro atoms. The number of halogens is 2. The van der Waals surface area contributed by atoms with Crippen LogP contribution in [0.1, 0.15) is 12.8 Å². The molecule has 0 unspecified atom stereocenters. The molecule has 1 atom stereocenters. The number of carbonyl (C=O) groups excluding carboxylic acids is 1. The number of amides is 1. The summed E-state index contributed by atoms with van der Waals surface area (Å²) in [5.41, 5.74) is -0.748. The van der Waals surface area contributed by atoms with Crippen LogP contribution in [-0.4, -0.2) is 89.9 Å². The number of carboxylic acids is 2. The molecule has 0 bridgehead atoms. The molecule has 0 heterocycles. The number of nitrogens with zero attached hydrogens (tertiary/aromatic N) is 1. The average Bonchev–Trinajstić information content (AvgIpc) is 2.68. The van der Waals surface area contributed by atoms with Crippen molar-refractivity contribution in [1.29, 1.82) is 0 Å². The predicted octanol–water partition coefficient (Wildman–Crippen LogP) is 0.130. The van der Waals surface area contributed by atoms with Crippen LogP contribution < -0.4 is 15.0 Å². The molecule has 18 heteroatoms. The Kier molecular flexibility index (Phi) is 11.4. The molecule has 0 aliphatic rings. The molecule has 1 rings (SSSR count). The van der Waals surface area contributed by atoms with Gasteiger partial charge in [0.2, 0.25) is 0 Å². The summed E-state index contributed by atoms with van der Waals surface area (Å²) in [5, 5.41) is 19.5. The Labute approximate surface area is 205 Å². The summed E-state index contributed by atoms with van der Waals surface area (Å²) in [6.45, 7) is -1.94. The Morgan fingerprint density at radius 3 is 1.83 bits per heavy atom. The lowest BCUT2D eigenvalue weighted by molar-refractivity contribution is -0.140. The lowest BCUT2D eigenvalue weighted by Gasteiger charge is -2.25. The van der Waals surface area contributed by atoms with Gasteiger partial charge in [0.15, 0.2) is 11.6 Å². The molecule has 1 amide bonds. The van der Waals surface area contributed by atoms with Gasteiger partial charge < -0.3 is 25.2 Å². The topological polar surface area (TPSA) is 203 Å². The number of rotatable bonds is 15. The molecule has 0 aliphatic heterocycles. The van der Waals surface area contributed by atoms with Gasteiger partial charge in [0.05, 0.1) is 25.7 Å². The summed E-state index contributed by atoms with van der Waals surface area (Å²) in [6, 6.07) is -0.526. The molecular formula is C18H24F2N2O12S2. The van der Waals surface area contributed by atoms with E-state index < -0.39 is 107 Å². The van der Waals surface area contributed by atoms with Crippen LogP contribution in [0.25, 0.3) is 0 Å². The third kappa shape index (κ3) is 12.0. The van der Waals surface area contributed by atoms with E-state index in [4.69, 9.17) is 10.2 Å². The van der Waals surface area contributed by atoms with Gasteiger partial charge in [-0.05, 0) is 6.42 Å². The second-order valence-electron chi connectivity index (χ2n) is 7.13. The first-order valence-corrected chi connectivity index (χ1v) is 13.5. The van der Waals surface area contributed by atoms with Crippen molar-refractivity contribution in [3.63, 3.8) is 0 Å². The fourth-order valence-electron chi connectivity index (χ4n) is 2.64. The lowest BCUT2D eigenvalue weighted by Crippen LogP contribution is -2.42. The van der Waals surface area contributed by atoms with E-state index in [1.807, 2.05) is 5.32 Å². The number of hydrogen-bond donors (Lipinski definition) is 3. The molecule has 0 saturated heterocycles. The van der Waals surface area contributed by atoms with Crippen molar-refractivity contribution in [3.8, 4) is 5.75 Å².